The average Bonchev–Trinajstić information content (AvgIpc) is 2.81. The first kappa shape index (κ1) is 10.9. The maximum Gasteiger partial charge on any atom is 0.252 e. The number of hydrogen-bond donors (Lipinski definition) is 1. The van der Waals surface area contributed by atoms with E-state index in [9.17, 15) is 4.79 Å². The van der Waals surface area contributed by atoms with Crippen molar-refractivity contribution in [3.8, 4) is 0 Å². The molecule has 0 aliphatic carbocycles. The Morgan fingerprint density at radius 2 is 2.33 bits per heavy atom. The van der Waals surface area contributed by atoms with E-state index in [-0.39, 0.29) is 24.7 Å². The molecule has 0 saturated carbocycles. The number of rotatable bonds is 2. The van der Waals surface area contributed by atoms with Crippen LogP contribution in [-0.4, -0.2) is 61.0 Å². The Labute approximate surface area is 89.0 Å². The van der Waals surface area contributed by atoms with Gasteiger partial charge in [-0.15, -0.1) is 0 Å². The molecule has 2 saturated heterocycles. The van der Waals surface area contributed by atoms with E-state index in [1.165, 1.54) is 0 Å². The lowest BCUT2D eigenvalue weighted by atomic mass is 10.1. The molecule has 0 aromatic heterocycles. The van der Waals surface area contributed by atoms with E-state index in [2.05, 4.69) is 0 Å². The molecular weight excluding hydrogens is 198 g/mol. The van der Waals surface area contributed by atoms with Gasteiger partial charge in [-0.3, -0.25) is 4.79 Å². The standard InChI is InChI=1S/C10H17NO4/c12-6-8-7-14-5-3-11(8)10(13)9-2-1-4-15-9/h8-9,12H,1-7H2/t8?,9-/m0/s1. The van der Waals surface area contributed by atoms with Crippen LogP contribution in [0.3, 0.4) is 0 Å². The second kappa shape index (κ2) is 4.92. The normalized spacial score (nSPS) is 31.9. The molecule has 15 heavy (non-hydrogen) atoms. The van der Waals surface area contributed by atoms with Gasteiger partial charge in [-0.1, -0.05) is 0 Å². The van der Waals surface area contributed by atoms with Gasteiger partial charge < -0.3 is 19.5 Å². The molecule has 1 unspecified atom stereocenters. The monoisotopic (exact) mass is 215 g/mol. The summed E-state index contributed by atoms with van der Waals surface area (Å²) in [5.74, 6) is 0.00912. The lowest BCUT2D eigenvalue weighted by Gasteiger charge is -2.35. The fourth-order valence-electron chi connectivity index (χ4n) is 2.05. The predicted molar refractivity (Wildman–Crippen MR) is 52.4 cm³/mol. The van der Waals surface area contributed by atoms with Crippen molar-refractivity contribution in [2.75, 3.05) is 33.0 Å². The second-order valence-corrected chi connectivity index (χ2v) is 3.94. The Morgan fingerprint density at radius 1 is 1.47 bits per heavy atom. The zero-order valence-electron chi connectivity index (χ0n) is 8.72. The van der Waals surface area contributed by atoms with Gasteiger partial charge in [0.2, 0.25) is 0 Å². The van der Waals surface area contributed by atoms with Gasteiger partial charge in [-0.05, 0) is 12.8 Å². The van der Waals surface area contributed by atoms with E-state index in [1.54, 1.807) is 4.90 Å². The number of aliphatic hydroxyl groups is 1. The highest BCUT2D eigenvalue weighted by Gasteiger charge is 2.33. The van der Waals surface area contributed by atoms with Crippen molar-refractivity contribution in [1.82, 2.24) is 4.90 Å². The Balaban J connectivity index is 1.96. The van der Waals surface area contributed by atoms with Crippen molar-refractivity contribution < 1.29 is 19.4 Å². The van der Waals surface area contributed by atoms with Crippen LogP contribution in [0.5, 0.6) is 0 Å². The molecule has 5 heteroatoms. The first-order valence-corrected chi connectivity index (χ1v) is 5.43. The van der Waals surface area contributed by atoms with Gasteiger partial charge in [-0.2, -0.15) is 0 Å². The van der Waals surface area contributed by atoms with Gasteiger partial charge in [0.1, 0.15) is 6.10 Å². The molecule has 0 aromatic rings. The number of amides is 1. The molecule has 2 heterocycles. The third-order valence-corrected chi connectivity index (χ3v) is 2.93. The van der Waals surface area contributed by atoms with Gasteiger partial charge >= 0.3 is 0 Å². The van der Waals surface area contributed by atoms with Crippen molar-refractivity contribution >= 4 is 5.91 Å². The molecule has 1 amide bonds. The summed E-state index contributed by atoms with van der Waals surface area (Å²) in [5, 5.41) is 9.14. The summed E-state index contributed by atoms with van der Waals surface area (Å²) >= 11 is 0. The van der Waals surface area contributed by atoms with Crippen molar-refractivity contribution in [2.24, 2.45) is 0 Å². The maximum atomic E-state index is 12.0. The van der Waals surface area contributed by atoms with E-state index in [1.807, 2.05) is 0 Å². The van der Waals surface area contributed by atoms with Crippen molar-refractivity contribution in [3.05, 3.63) is 0 Å². The molecule has 2 atom stereocenters. The van der Waals surface area contributed by atoms with Crippen LogP contribution in [0.25, 0.3) is 0 Å². The Morgan fingerprint density at radius 3 is 3.00 bits per heavy atom. The average molecular weight is 215 g/mol. The first-order chi connectivity index (χ1) is 7.33. The largest absolute Gasteiger partial charge is 0.394 e. The number of nitrogens with zero attached hydrogens (tertiary/aromatic N) is 1. The molecule has 2 aliphatic rings. The van der Waals surface area contributed by atoms with Crippen molar-refractivity contribution in [3.63, 3.8) is 0 Å². The predicted octanol–water partition coefficient (Wildman–Crippen LogP) is -0.615. The van der Waals surface area contributed by atoms with Crippen LogP contribution in [0.1, 0.15) is 12.8 Å². The van der Waals surface area contributed by atoms with E-state index in [0.29, 0.717) is 26.4 Å². The summed E-state index contributed by atoms with van der Waals surface area (Å²) in [6, 6.07) is -0.199. The third-order valence-electron chi connectivity index (χ3n) is 2.93. The lowest BCUT2D eigenvalue weighted by Crippen LogP contribution is -2.53. The van der Waals surface area contributed by atoms with Gasteiger partial charge in [0, 0.05) is 13.2 Å². The van der Waals surface area contributed by atoms with Crippen LogP contribution in [0.2, 0.25) is 0 Å². The van der Waals surface area contributed by atoms with Crippen LogP contribution in [0, 0.1) is 0 Å². The minimum absolute atomic E-state index is 0.00912. The Bertz CT molecular complexity index is 227. The van der Waals surface area contributed by atoms with Gasteiger partial charge in [0.05, 0.1) is 25.9 Å². The molecule has 0 radical (unpaired) electrons. The quantitative estimate of drug-likeness (QED) is 0.667. The summed E-state index contributed by atoms with van der Waals surface area (Å²) in [7, 11) is 0. The molecule has 5 nitrogen and oxygen atoms in total. The van der Waals surface area contributed by atoms with E-state index in [0.717, 1.165) is 12.8 Å². The van der Waals surface area contributed by atoms with Crippen molar-refractivity contribution in [1.29, 1.82) is 0 Å². The van der Waals surface area contributed by atoms with Crippen LogP contribution in [-0.2, 0) is 14.3 Å². The summed E-state index contributed by atoms with van der Waals surface area (Å²) in [6.45, 7) is 2.16. The SMILES string of the molecule is O=C([C@@H]1CCCO1)N1CCOCC1CO. The number of carbonyl (C=O) groups is 1. The highest BCUT2D eigenvalue weighted by atomic mass is 16.5. The summed E-state index contributed by atoms with van der Waals surface area (Å²) in [6.07, 6.45) is 1.45. The minimum atomic E-state index is -0.294. The number of carbonyl (C=O) groups excluding carboxylic acids is 1. The van der Waals surface area contributed by atoms with Gasteiger partial charge in [-0.25, -0.2) is 0 Å². The molecule has 2 aliphatic heterocycles. The number of ether oxygens (including phenoxy) is 2. The third kappa shape index (κ3) is 2.30. The Hall–Kier alpha value is -0.650. The van der Waals surface area contributed by atoms with Crippen LogP contribution in [0.4, 0.5) is 0 Å². The minimum Gasteiger partial charge on any atom is -0.394 e. The number of aliphatic hydroxyl groups excluding tert-OH is 1. The summed E-state index contributed by atoms with van der Waals surface area (Å²) in [4.78, 5) is 13.7. The number of hydrogen-bond acceptors (Lipinski definition) is 4. The molecular formula is C10H17NO4. The molecule has 0 spiro atoms. The van der Waals surface area contributed by atoms with E-state index in [4.69, 9.17) is 14.6 Å². The molecule has 0 bridgehead atoms. The van der Waals surface area contributed by atoms with E-state index >= 15 is 0 Å². The maximum absolute atomic E-state index is 12.0. The fraction of sp³-hybridized carbons (Fsp3) is 0.900. The second-order valence-electron chi connectivity index (χ2n) is 3.94. The zero-order chi connectivity index (χ0) is 10.7. The highest BCUT2D eigenvalue weighted by molar-refractivity contribution is 5.81. The van der Waals surface area contributed by atoms with Gasteiger partial charge in [0.15, 0.2) is 0 Å². The Kier molecular flexibility index (Phi) is 3.56. The highest BCUT2D eigenvalue weighted by Crippen LogP contribution is 2.17. The summed E-state index contributed by atoms with van der Waals surface area (Å²) < 4.78 is 10.6. The summed E-state index contributed by atoms with van der Waals surface area (Å²) in [5.41, 5.74) is 0. The molecule has 0 aromatic carbocycles. The molecule has 2 rings (SSSR count). The molecule has 86 valence electrons. The van der Waals surface area contributed by atoms with Crippen LogP contribution >= 0.6 is 0 Å². The van der Waals surface area contributed by atoms with Crippen LogP contribution < -0.4 is 0 Å². The van der Waals surface area contributed by atoms with Gasteiger partial charge in [0.25, 0.3) is 5.91 Å². The topological polar surface area (TPSA) is 59.0 Å². The fourth-order valence-corrected chi connectivity index (χ4v) is 2.05. The lowest BCUT2D eigenvalue weighted by molar-refractivity contribution is -0.151. The molecule has 1 N–H and O–H groups in total. The number of morpholine rings is 1. The van der Waals surface area contributed by atoms with Crippen molar-refractivity contribution in [2.45, 2.75) is 25.0 Å². The zero-order valence-corrected chi connectivity index (χ0v) is 8.72. The van der Waals surface area contributed by atoms with Crippen LogP contribution in [0.15, 0.2) is 0 Å². The molecule has 2 fully saturated rings. The first-order valence-electron chi connectivity index (χ1n) is 5.43. The smallest absolute Gasteiger partial charge is 0.252 e. The van der Waals surface area contributed by atoms with E-state index < -0.39 is 0 Å².